The summed E-state index contributed by atoms with van der Waals surface area (Å²) in [6, 6.07) is 6.55. The number of rotatable bonds is 7. The minimum atomic E-state index is -0.582. The maximum absolute atomic E-state index is 14.9. The molecule has 0 bridgehead atoms. The Morgan fingerprint density at radius 2 is 2.14 bits per heavy atom. The number of carbonyl (C=O) groups is 2. The summed E-state index contributed by atoms with van der Waals surface area (Å²) in [6.07, 6.45) is 6.73. The van der Waals surface area contributed by atoms with E-state index in [1.54, 1.807) is 24.4 Å². The van der Waals surface area contributed by atoms with E-state index in [0.717, 1.165) is 37.0 Å². The molecular weight excluding hydrogens is 453 g/mol. The molecule has 1 aromatic carbocycles. The van der Waals surface area contributed by atoms with Crippen LogP contribution in [0.25, 0.3) is 22.3 Å². The number of hydrogen-bond acceptors (Lipinski definition) is 7. The van der Waals surface area contributed by atoms with E-state index in [0.29, 0.717) is 22.3 Å². The van der Waals surface area contributed by atoms with Crippen molar-refractivity contribution in [3.05, 3.63) is 72.5 Å². The third-order valence-corrected chi connectivity index (χ3v) is 6.15. The van der Waals surface area contributed by atoms with E-state index in [1.807, 2.05) is 0 Å². The van der Waals surface area contributed by atoms with Crippen LogP contribution in [-0.4, -0.2) is 42.9 Å². The highest BCUT2D eigenvalue weighted by Gasteiger charge is 2.32. The molecule has 2 atom stereocenters. The number of pyridine rings is 1. The second-order valence-electron chi connectivity index (χ2n) is 8.27. The summed E-state index contributed by atoms with van der Waals surface area (Å²) >= 11 is 0. The zero-order valence-electron chi connectivity index (χ0n) is 18.6. The van der Waals surface area contributed by atoms with Gasteiger partial charge in [-0.2, -0.15) is 4.98 Å². The maximum atomic E-state index is 14.9. The number of fused-ring (bicyclic) bond motifs is 1. The van der Waals surface area contributed by atoms with Crippen molar-refractivity contribution in [2.24, 2.45) is 0 Å². The fraction of sp³-hybridized carbons (Fsp3) is 0.250. The lowest BCUT2D eigenvalue weighted by atomic mass is 10.0. The summed E-state index contributed by atoms with van der Waals surface area (Å²) < 4.78 is 19.6. The van der Waals surface area contributed by atoms with Crippen LogP contribution in [-0.2, 0) is 11.3 Å². The fourth-order valence-corrected chi connectivity index (χ4v) is 4.43. The Bertz CT molecular complexity index is 1400. The van der Waals surface area contributed by atoms with Crippen molar-refractivity contribution in [2.45, 2.75) is 37.8 Å². The van der Waals surface area contributed by atoms with Gasteiger partial charge < -0.3 is 20.1 Å². The van der Waals surface area contributed by atoms with Crippen LogP contribution in [0.1, 0.15) is 47.3 Å². The first-order chi connectivity index (χ1) is 17.0. The van der Waals surface area contributed by atoms with Crippen molar-refractivity contribution in [3.63, 3.8) is 0 Å². The molecule has 10 nitrogen and oxygen atoms in total. The lowest BCUT2D eigenvalue weighted by Gasteiger charge is -2.18. The largest absolute Gasteiger partial charge is 0.349 e. The fourth-order valence-electron chi connectivity index (χ4n) is 4.43. The molecule has 5 rings (SSSR count). The smallest absolute Gasteiger partial charge is 0.315 e. The Labute approximate surface area is 199 Å². The summed E-state index contributed by atoms with van der Waals surface area (Å²) in [5.74, 6) is -0.678. The topological polar surface area (TPSA) is 139 Å². The first-order valence-electron chi connectivity index (χ1n) is 11.1. The van der Waals surface area contributed by atoms with Gasteiger partial charge in [-0.1, -0.05) is 30.3 Å². The molecule has 0 saturated heterocycles. The molecule has 1 saturated carbocycles. The van der Waals surface area contributed by atoms with Crippen molar-refractivity contribution in [1.29, 1.82) is 0 Å². The van der Waals surface area contributed by atoms with Gasteiger partial charge in [0.25, 0.3) is 0 Å². The molecule has 1 aliphatic carbocycles. The average Bonchev–Trinajstić information content (AvgIpc) is 3.63. The molecule has 0 radical (unpaired) electrons. The van der Waals surface area contributed by atoms with Crippen LogP contribution in [0.5, 0.6) is 0 Å². The molecule has 3 aromatic heterocycles. The van der Waals surface area contributed by atoms with Crippen LogP contribution in [0.3, 0.4) is 0 Å². The van der Waals surface area contributed by atoms with Gasteiger partial charge in [-0.25, -0.2) is 14.4 Å². The van der Waals surface area contributed by atoms with Crippen molar-refractivity contribution in [1.82, 2.24) is 35.7 Å². The zero-order chi connectivity index (χ0) is 24.4. The summed E-state index contributed by atoms with van der Waals surface area (Å²) in [5, 5.41) is 8.91. The second kappa shape index (κ2) is 9.45. The van der Waals surface area contributed by atoms with Crippen LogP contribution < -0.4 is 10.6 Å². The van der Waals surface area contributed by atoms with Gasteiger partial charge in [0.1, 0.15) is 11.6 Å². The number of amides is 2. The lowest BCUT2D eigenvalue weighted by molar-refractivity contribution is -0.117. The average molecular weight is 475 g/mol. The minimum Gasteiger partial charge on any atom is -0.349 e. The van der Waals surface area contributed by atoms with Crippen LogP contribution in [0, 0.1) is 5.82 Å². The molecule has 2 amide bonds. The van der Waals surface area contributed by atoms with Gasteiger partial charge in [-0.15, -0.1) is 0 Å². The van der Waals surface area contributed by atoms with Gasteiger partial charge in [0.05, 0.1) is 5.52 Å². The number of aromatic amines is 1. The number of aromatic nitrogens is 5. The molecule has 11 heteroatoms. The number of nitrogens with one attached hydrogen (secondary N) is 3. The highest BCUT2D eigenvalue weighted by molar-refractivity contribution is 5.90. The van der Waals surface area contributed by atoms with Gasteiger partial charge in [0.2, 0.25) is 5.91 Å². The summed E-state index contributed by atoms with van der Waals surface area (Å²) in [5.41, 5.74) is 2.91. The number of carbonyl (C=O) groups excluding carboxylic acids is 2. The molecule has 35 heavy (non-hydrogen) atoms. The Hall–Kier alpha value is -4.41. The molecular formula is C24H22FN7O3. The SMILES string of the molecule is C=CC(=O)NC1CCCC1c1nc2nccc(-c3ccc(CNC(=O)c4ncno4)c(F)c3)c2[nH]1. The van der Waals surface area contributed by atoms with Crippen molar-refractivity contribution < 1.29 is 18.5 Å². The molecule has 0 aliphatic heterocycles. The number of benzene rings is 1. The Balaban J connectivity index is 1.38. The highest BCUT2D eigenvalue weighted by Crippen LogP contribution is 2.35. The van der Waals surface area contributed by atoms with Gasteiger partial charge in [0, 0.05) is 35.8 Å². The van der Waals surface area contributed by atoms with Crippen LogP contribution in [0.4, 0.5) is 4.39 Å². The third-order valence-electron chi connectivity index (χ3n) is 6.15. The monoisotopic (exact) mass is 475 g/mol. The van der Waals surface area contributed by atoms with E-state index in [1.165, 1.54) is 12.1 Å². The molecule has 0 spiro atoms. The Kier molecular flexibility index (Phi) is 6.04. The van der Waals surface area contributed by atoms with Crippen LogP contribution in [0.15, 0.2) is 54.0 Å². The summed E-state index contributed by atoms with van der Waals surface area (Å²) in [4.78, 5) is 39.8. The van der Waals surface area contributed by atoms with Crippen molar-refractivity contribution in [3.8, 4) is 11.1 Å². The Morgan fingerprint density at radius 3 is 2.91 bits per heavy atom. The van der Waals surface area contributed by atoms with E-state index in [9.17, 15) is 14.0 Å². The predicted octanol–water partition coefficient (Wildman–Crippen LogP) is 3.02. The number of nitrogens with zero attached hydrogens (tertiary/aromatic N) is 4. The number of halogens is 1. The normalized spacial score (nSPS) is 17.4. The van der Waals surface area contributed by atoms with E-state index in [4.69, 9.17) is 4.52 Å². The quantitative estimate of drug-likeness (QED) is 0.349. The number of imidazole rings is 1. The summed E-state index contributed by atoms with van der Waals surface area (Å²) in [7, 11) is 0. The Morgan fingerprint density at radius 1 is 1.26 bits per heavy atom. The molecule has 178 valence electrons. The molecule has 1 fully saturated rings. The first-order valence-corrected chi connectivity index (χ1v) is 11.1. The van der Waals surface area contributed by atoms with E-state index < -0.39 is 11.7 Å². The van der Waals surface area contributed by atoms with Crippen LogP contribution >= 0.6 is 0 Å². The minimum absolute atomic E-state index is 0.0301. The van der Waals surface area contributed by atoms with Gasteiger partial charge in [-0.05, 0) is 36.6 Å². The van der Waals surface area contributed by atoms with E-state index in [-0.39, 0.29) is 30.3 Å². The standard InChI is InChI=1S/C24H22FN7O3/c1-2-19(33)30-18-5-3-4-16(18)21-31-20-15(8-9-26-22(20)32-21)13-6-7-14(17(25)10-13)11-27-23(34)24-28-12-29-35-24/h2,6-10,12,16,18H,1,3-5,11H2,(H,27,34)(H,30,33)(H,26,31,32). The van der Waals surface area contributed by atoms with Crippen LogP contribution in [0.2, 0.25) is 0 Å². The van der Waals surface area contributed by atoms with Gasteiger partial charge in [0.15, 0.2) is 12.0 Å². The number of H-pyrrole nitrogens is 1. The van der Waals surface area contributed by atoms with Gasteiger partial charge >= 0.3 is 11.8 Å². The highest BCUT2D eigenvalue weighted by atomic mass is 19.1. The number of hydrogen-bond donors (Lipinski definition) is 3. The lowest BCUT2D eigenvalue weighted by Crippen LogP contribution is -2.35. The van der Waals surface area contributed by atoms with E-state index >= 15 is 0 Å². The predicted molar refractivity (Wildman–Crippen MR) is 123 cm³/mol. The third kappa shape index (κ3) is 4.52. The molecule has 4 aromatic rings. The van der Waals surface area contributed by atoms with Gasteiger partial charge in [-0.3, -0.25) is 9.59 Å². The summed E-state index contributed by atoms with van der Waals surface area (Å²) in [6.45, 7) is 3.48. The molecule has 1 aliphatic rings. The van der Waals surface area contributed by atoms with Crippen molar-refractivity contribution in [2.75, 3.05) is 0 Å². The van der Waals surface area contributed by atoms with Crippen molar-refractivity contribution >= 4 is 23.0 Å². The molecule has 3 N–H and O–H groups in total. The maximum Gasteiger partial charge on any atom is 0.315 e. The first kappa shape index (κ1) is 22.4. The van der Waals surface area contributed by atoms with E-state index in [2.05, 4.69) is 42.3 Å². The second-order valence-corrected chi connectivity index (χ2v) is 8.27. The zero-order valence-corrected chi connectivity index (χ0v) is 18.6. The molecule has 3 heterocycles. The molecule has 2 unspecified atom stereocenters.